The van der Waals surface area contributed by atoms with Crippen LogP contribution in [0.4, 0.5) is 0 Å². The molecule has 0 amide bonds. The van der Waals surface area contributed by atoms with E-state index in [0.717, 1.165) is 27.9 Å². The molecule has 1 heterocycles. The summed E-state index contributed by atoms with van der Waals surface area (Å²) in [6, 6.07) is 6.86. The summed E-state index contributed by atoms with van der Waals surface area (Å²) in [5.74, 6) is 0. The van der Waals surface area contributed by atoms with Crippen LogP contribution in [-0.2, 0) is 0 Å². The van der Waals surface area contributed by atoms with Gasteiger partial charge in [-0.1, -0.05) is 17.7 Å². The third kappa shape index (κ3) is 2.82. The summed E-state index contributed by atoms with van der Waals surface area (Å²) >= 11 is 7.89. The molecular weight excluding hydrogens is 294 g/mol. The molecule has 2 aromatic rings. The second kappa shape index (κ2) is 5.71. The minimum atomic E-state index is 0.281. The number of halogens is 1. The lowest BCUT2D eigenvalue weighted by Gasteiger charge is -2.12. The lowest BCUT2D eigenvalue weighted by molar-refractivity contribution is 0.565. The van der Waals surface area contributed by atoms with Gasteiger partial charge in [-0.3, -0.25) is 0 Å². The molecule has 0 radical (unpaired) electrons. The zero-order chi connectivity index (χ0) is 14.1. The monoisotopic (exact) mass is 309 g/mol. The van der Waals surface area contributed by atoms with Gasteiger partial charge in [0.05, 0.1) is 11.1 Å². The molecule has 0 saturated heterocycles. The predicted molar refractivity (Wildman–Crippen MR) is 79.1 cm³/mol. The van der Waals surface area contributed by atoms with Gasteiger partial charge in [0.2, 0.25) is 5.16 Å². The van der Waals surface area contributed by atoms with Crippen molar-refractivity contribution in [1.82, 2.24) is 25.5 Å². The Morgan fingerprint density at radius 2 is 2.25 bits per heavy atom. The van der Waals surface area contributed by atoms with Crippen molar-refractivity contribution in [1.29, 1.82) is 0 Å². The average Bonchev–Trinajstić information content (AvgIpc) is 3.20. The molecule has 1 aromatic heterocycles. The maximum absolute atomic E-state index is 6.37. The average molecular weight is 310 g/mol. The summed E-state index contributed by atoms with van der Waals surface area (Å²) in [7, 11) is 1.94. The van der Waals surface area contributed by atoms with Gasteiger partial charge in [0.15, 0.2) is 0 Å². The van der Waals surface area contributed by atoms with Gasteiger partial charge < -0.3 is 5.32 Å². The van der Waals surface area contributed by atoms with Crippen LogP contribution < -0.4 is 5.32 Å². The predicted octanol–water partition coefficient (Wildman–Crippen LogP) is 3.09. The number of rotatable bonds is 5. The smallest absolute Gasteiger partial charge is 0.214 e. The molecule has 1 N–H and O–H groups in total. The van der Waals surface area contributed by atoms with Crippen molar-refractivity contribution in [3.8, 4) is 0 Å². The molecule has 1 fully saturated rings. The molecule has 3 rings (SSSR count). The zero-order valence-electron chi connectivity index (χ0n) is 11.4. The lowest BCUT2D eigenvalue weighted by Crippen LogP contribution is -2.12. The maximum Gasteiger partial charge on any atom is 0.214 e. The van der Waals surface area contributed by atoms with Crippen LogP contribution in [0.3, 0.4) is 0 Å². The molecular formula is C13H16ClN5S. The molecule has 1 unspecified atom stereocenters. The lowest BCUT2D eigenvalue weighted by atomic mass is 10.1. The molecule has 7 heteroatoms. The largest absolute Gasteiger partial charge is 0.313 e. The second-order valence-electron chi connectivity index (χ2n) is 4.94. The van der Waals surface area contributed by atoms with E-state index in [1.807, 2.05) is 23.9 Å². The van der Waals surface area contributed by atoms with E-state index < -0.39 is 0 Å². The molecule has 106 valence electrons. The van der Waals surface area contributed by atoms with Gasteiger partial charge in [-0.15, -0.1) is 5.10 Å². The Kier molecular flexibility index (Phi) is 3.96. The maximum atomic E-state index is 6.37. The number of aromatic nitrogens is 4. The highest BCUT2D eigenvalue weighted by molar-refractivity contribution is 7.99. The van der Waals surface area contributed by atoms with E-state index in [1.54, 1.807) is 0 Å². The van der Waals surface area contributed by atoms with Crippen molar-refractivity contribution in [2.24, 2.45) is 0 Å². The normalized spacial score (nSPS) is 16.4. The van der Waals surface area contributed by atoms with Crippen molar-refractivity contribution >= 4 is 23.4 Å². The third-order valence-corrected chi connectivity index (χ3v) is 4.90. The van der Waals surface area contributed by atoms with Gasteiger partial charge >= 0.3 is 0 Å². The summed E-state index contributed by atoms with van der Waals surface area (Å²) in [6.45, 7) is 2.10. The number of nitrogens with one attached hydrogen (secondary N) is 1. The fourth-order valence-corrected chi connectivity index (χ4v) is 3.09. The summed E-state index contributed by atoms with van der Waals surface area (Å²) < 4.78 is 1.89. The third-order valence-electron chi connectivity index (χ3n) is 3.45. The summed E-state index contributed by atoms with van der Waals surface area (Å²) in [5.41, 5.74) is 1.17. The Morgan fingerprint density at radius 1 is 1.45 bits per heavy atom. The van der Waals surface area contributed by atoms with E-state index >= 15 is 0 Å². The second-order valence-corrected chi connectivity index (χ2v) is 6.36. The van der Waals surface area contributed by atoms with Gasteiger partial charge in [-0.2, -0.15) is 0 Å². The molecule has 1 aliphatic carbocycles. The van der Waals surface area contributed by atoms with Gasteiger partial charge in [0.1, 0.15) is 0 Å². The van der Waals surface area contributed by atoms with Crippen molar-refractivity contribution in [3.63, 3.8) is 0 Å². The van der Waals surface area contributed by atoms with E-state index in [1.165, 1.54) is 17.3 Å². The molecule has 1 atom stereocenters. The van der Waals surface area contributed by atoms with E-state index in [0.29, 0.717) is 6.04 Å². The van der Waals surface area contributed by atoms with Crippen LogP contribution in [0.15, 0.2) is 28.3 Å². The minimum Gasteiger partial charge on any atom is -0.313 e. The quantitative estimate of drug-likeness (QED) is 0.920. The summed E-state index contributed by atoms with van der Waals surface area (Å²) in [4.78, 5) is 0.982. The SMILES string of the molecule is CNC(C)c1ccc(Sc2nnnn2C2CC2)c(Cl)c1. The van der Waals surface area contributed by atoms with Gasteiger partial charge in [0, 0.05) is 10.9 Å². The fraction of sp³-hybridized carbons (Fsp3) is 0.462. The van der Waals surface area contributed by atoms with Crippen LogP contribution in [0.25, 0.3) is 0 Å². The van der Waals surface area contributed by atoms with Crippen molar-refractivity contribution in [2.45, 2.75) is 41.9 Å². The molecule has 20 heavy (non-hydrogen) atoms. The van der Waals surface area contributed by atoms with E-state index in [9.17, 15) is 0 Å². The first-order valence-corrected chi connectivity index (χ1v) is 7.81. The minimum absolute atomic E-state index is 0.281. The Morgan fingerprint density at radius 3 is 2.90 bits per heavy atom. The topological polar surface area (TPSA) is 55.6 Å². The van der Waals surface area contributed by atoms with Crippen LogP contribution in [-0.4, -0.2) is 27.3 Å². The summed E-state index contributed by atoms with van der Waals surface area (Å²) in [5, 5.41) is 16.6. The van der Waals surface area contributed by atoms with Gasteiger partial charge in [-0.05, 0) is 66.7 Å². The van der Waals surface area contributed by atoms with Crippen LogP contribution in [0.1, 0.15) is 37.4 Å². The summed E-state index contributed by atoms with van der Waals surface area (Å²) in [6.07, 6.45) is 2.32. The first kappa shape index (κ1) is 13.9. The van der Waals surface area contributed by atoms with Crippen molar-refractivity contribution in [3.05, 3.63) is 28.8 Å². The number of hydrogen-bond donors (Lipinski definition) is 1. The number of hydrogen-bond acceptors (Lipinski definition) is 5. The fourth-order valence-electron chi connectivity index (χ4n) is 1.94. The van der Waals surface area contributed by atoms with Crippen LogP contribution >= 0.6 is 23.4 Å². The van der Waals surface area contributed by atoms with E-state index in [2.05, 4.69) is 33.8 Å². The Bertz CT molecular complexity index is 611. The van der Waals surface area contributed by atoms with Gasteiger partial charge in [0.25, 0.3) is 0 Å². The number of tetrazole rings is 1. The first-order chi connectivity index (χ1) is 9.69. The molecule has 0 aliphatic heterocycles. The zero-order valence-corrected chi connectivity index (χ0v) is 12.9. The van der Waals surface area contributed by atoms with Crippen LogP contribution in [0.5, 0.6) is 0 Å². The highest BCUT2D eigenvalue weighted by Crippen LogP contribution is 2.39. The van der Waals surface area contributed by atoms with Crippen molar-refractivity contribution in [2.75, 3.05) is 7.05 Å². The van der Waals surface area contributed by atoms with Crippen LogP contribution in [0.2, 0.25) is 5.02 Å². The first-order valence-electron chi connectivity index (χ1n) is 6.61. The Labute approximate surface area is 127 Å². The standard InChI is InChI=1S/C13H16ClN5S/c1-8(15-2)9-3-6-12(11(14)7-9)20-13-16-17-18-19(13)10-4-5-10/h3,6-8,10,15H,4-5H2,1-2H3. The van der Waals surface area contributed by atoms with E-state index in [-0.39, 0.29) is 6.04 Å². The highest BCUT2D eigenvalue weighted by Gasteiger charge is 2.28. The Hall–Kier alpha value is -1.11. The molecule has 0 spiro atoms. The highest BCUT2D eigenvalue weighted by atomic mass is 35.5. The molecule has 1 aliphatic rings. The van der Waals surface area contributed by atoms with Crippen LogP contribution in [0, 0.1) is 0 Å². The van der Waals surface area contributed by atoms with Crippen molar-refractivity contribution < 1.29 is 0 Å². The van der Waals surface area contributed by atoms with Gasteiger partial charge in [-0.25, -0.2) is 4.68 Å². The Balaban J connectivity index is 1.82. The van der Waals surface area contributed by atoms with E-state index in [4.69, 9.17) is 11.6 Å². The molecule has 0 bridgehead atoms. The molecule has 1 aromatic carbocycles. The number of benzene rings is 1. The number of nitrogens with zero attached hydrogens (tertiary/aromatic N) is 4. The molecule has 1 saturated carbocycles. The molecule has 5 nitrogen and oxygen atoms in total.